The van der Waals surface area contributed by atoms with Crippen LogP contribution in [0.4, 0.5) is 11.8 Å². The third-order valence-electron chi connectivity index (χ3n) is 3.37. The lowest BCUT2D eigenvalue weighted by Crippen LogP contribution is -2.01. The van der Waals surface area contributed by atoms with Crippen molar-refractivity contribution in [2.45, 2.75) is 4.90 Å². The minimum atomic E-state index is 0.280. The van der Waals surface area contributed by atoms with E-state index in [-0.39, 0.29) is 5.95 Å². The van der Waals surface area contributed by atoms with E-state index >= 15 is 0 Å². The molecule has 106 valence electrons. The third kappa shape index (κ3) is 2.52. The lowest BCUT2D eigenvalue weighted by molar-refractivity contribution is 1.22. The number of hydrogen-bond acceptors (Lipinski definition) is 5. The van der Waals surface area contributed by atoms with Crippen molar-refractivity contribution in [2.24, 2.45) is 0 Å². The van der Waals surface area contributed by atoms with E-state index < -0.39 is 0 Å². The molecule has 3 aromatic rings. The molecule has 0 aliphatic rings. The largest absolute Gasteiger partial charge is 0.372 e. The fourth-order valence-corrected chi connectivity index (χ4v) is 3.01. The molecule has 0 aliphatic heterocycles. The number of nitrogen functional groups attached to an aromatic ring is 1. The van der Waals surface area contributed by atoms with Gasteiger partial charge in [-0.2, -0.15) is 4.98 Å². The summed E-state index contributed by atoms with van der Waals surface area (Å²) in [5.41, 5.74) is 8.96. The lowest BCUT2D eigenvalue weighted by atomic mass is 10.0. The van der Waals surface area contributed by atoms with Crippen LogP contribution in [0.25, 0.3) is 22.0 Å². The summed E-state index contributed by atoms with van der Waals surface area (Å²) in [5.74, 6) is 1.03. The SMILES string of the molecule is CNc1nc(N)nc2cc(-c3ccccc3SC)ccc12. The van der Waals surface area contributed by atoms with Gasteiger partial charge in [0, 0.05) is 17.3 Å². The van der Waals surface area contributed by atoms with Crippen molar-refractivity contribution >= 4 is 34.4 Å². The minimum Gasteiger partial charge on any atom is -0.372 e. The fraction of sp³-hybridized carbons (Fsp3) is 0.125. The average Bonchev–Trinajstić information content (AvgIpc) is 2.53. The Morgan fingerprint density at radius 1 is 1.10 bits per heavy atom. The summed E-state index contributed by atoms with van der Waals surface area (Å²) in [6, 6.07) is 14.5. The molecule has 0 saturated heterocycles. The normalized spacial score (nSPS) is 10.8. The van der Waals surface area contributed by atoms with Crippen LogP contribution in [0.2, 0.25) is 0 Å². The van der Waals surface area contributed by atoms with Gasteiger partial charge in [0.05, 0.1) is 5.52 Å². The van der Waals surface area contributed by atoms with Gasteiger partial charge in [-0.15, -0.1) is 11.8 Å². The predicted octanol–water partition coefficient (Wildman–Crippen LogP) is 3.64. The molecule has 21 heavy (non-hydrogen) atoms. The van der Waals surface area contributed by atoms with Crippen LogP contribution in [-0.4, -0.2) is 23.3 Å². The van der Waals surface area contributed by atoms with Gasteiger partial charge >= 0.3 is 0 Å². The standard InChI is InChI=1S/C16H16N4S/c1-18-15-12-8-7-10(9-13(12)19-16(17)20-15)11-5-3-4-6-14(11)21-2/h3-9H,1-2H3,(H3,17,18,19,20). The topological polar surface area (TPSA) is 63.8 Å². The molecule has 1 aromatic heterocycles. The Morgan fingerprint density at radius 2 is 1.90 bits per heavy atom. The molecule has 3 rings (SSSR count). The highest BCUT2D eigenvalue weighted by Gasteiger charge is 2.08. The first-order valence-electron chi connectivity index (χ1n) is 6.61. The van der Waals surface area contributed by atoms with Gasteiger partial charge in [-0.3, -0.25) is 0 Å². The summed E-state index contributed by atoms with van der Waals surface area (Å²) in [7, 11) is 1.83. The Balaban J connectivity index is 2.22. The van der Waals surface area contributed by atoms with E-state index in [1.807, 2.05) is 19.2 Å². The van der Waals surface area contributed by atoms with Crippen LogP contribution < -0.4 is 11.1 Å². The molecule has 1 heterocycles. The third-order valence-corrected chi connectivity index (χ3v) is 4.16. The zero-order valence-electron chi connectivity index (χ0n) is 11.9. The smallest absolute Gasteiger partial charge is 0.222 e. The Labute approximate surface area is 127 Å². The highest BCUT2D eigenvalue weighted by atomic mass is 32.2. The van der Waals surface area contributed by atoms with Crippen LogP contribution in [0, 0.1) is 0 Å². The Kier molecular flexibility index (Phi) is 3.66. The van der Waals surface area contributed by atoms with Crippen LogP contribution in [-0.2, 0) is 0 Å². The maximum atomic E-state index is 5.78. The zero-order valence-corrected chi connectivity index (χ0v) is 12.7. The van der Waals surface area contributed by atoms with Crippen LogP contribution in [0.1, 0.15) is 0 Å². The van der Waals surface area contributed by atoms with Crippen LogP contribution >= 0.6 is 11.8 Å². The number of nitrogens with zero attached hydrogens (tertiary/aromatic N) is 2. The molecule has 0 bridgehead atoms. The van der Waals surface area contributed by atoms with Crippen molar-refractivity contribution in [3.05, 3.63) is 42.5 Å². The second-order valence-electron chi connectivity index (χ2n) is 4.61. The van der Waals surface area contributed by atoms with Gasteiger partial charge < -0.3 is 11.1 Å². The highest BCUT2D eigenvalue weighted by molar-refractivity contribution is 7.98. The predicted molar refractivity (Wildman–Crippen MR) is 90.7 cm³/mol. The maximum Gasteiger partial charge on any atom is 0.222 e. The van der Waals surface area contributed by atoms with Crippen molar-refractivity contribution in [3.8, 4) is 11.1 Å². The van der Waals surface area contributed by atoms with E-state index in [2.05, 4.69) is 51.9 Å². The van der Waals surface area contributed by atoms with Crippen molar-refractivity contribution in [1.82, 2.24) is 9.97 Å². The number of benzene rings is 2. The molecule has 0 amide bonds. The van der Waals surface area contributed by atoms with Crippen molar-refractivity contribution in [2.75, 3.05) is 24.4 Å². The second kappa shape index (κ2) is 5.61. The summed E-state index contributed by atoms with van der Waals surface area (Å²) in [6.45, 7) is 0. The quantitative estimate of drug-likeness (QED) is 0.722. The molecule has 5 heteroatoms. The number of anilines is 2. The molecular weight excluding hydrogens is 280 g/mol. The van der Waals surface area contributed by atoms with E-state index in [1.165, 1.54) is 10.5 Å². The Morgan fingerprint density at radius 3 is 2.67 bits per heavy atom. The van der Waals surface area contributed by atoms with Crippen LogP contribution in [0.5, 0.6) is 0 Å². The van der Waals surface area contributed by atoms with E-state index in [0.717, 1.165) is 22.3 Å². The van der Waals surface area contributed by atoms with E-state index in [0.29, 0.717) is 0 Å². The second-order valence-corrected chi connectivity index (χ2v) is 5.46. The highest BCUT2D eigenvalue weighted by Crippen LogP contribution is 2.32. The van der Waals surface area contributed by atoms with Gasteiger partial charge in [0.2, 0.25) is 5.95 Å². The fourth-order valence-electron chi connectivity index (χ4n) is 2.39. The molecule has 0 unspecified atom stereocenters. The van der Waals surface area contributed by atoms with E-state index in [4.69, 9.17) is 5.73 Å². The Hall–Kier alpha value is -2.27. The molecule has 0 radical (unpaired) electrons. The number of fused-ring (bicyclic) bond motifs is 1. The van der Waals surface area contributed by atoms with Crippen molar-refractivity contribution < 1.29 is 0 Å². The molecule has 0 saturated carbocycles. The lowest BCUT2D eigenvalue weighted by Gasteiger charge is -2.10. The van der Waals surface area contributed by atoms with Crippen LogP contribution in [0.3, 0.4) is 0 Å². The number of thioether (sulfide) groups is 1. The van der Waals surface area contributed by atoms with Gasteiger partial charge in [0.15, 0.2) is 0 Å². The molecule has 2 aromatic carbocycles. The molecule has 0 aliphatic carbocycles. The number of nitrogens with one attached hydrogen (secondary N) is 1. The first kappa shape index (κ1) is 13.7. The molecule has 3 N–H and O–H groups in total. The first-order chi connectivity index (χ1) is 10.2. The Bertz CT molecular complexity index is 801. The van der Waals surface area contributed by atoms with Crippen molar-refractivity contribution in [1.29, 1.82) is 0 Å². The average molecular weight is 296 g/mol. The molecule has 0 atom stereocenters. The van der Waals surface area contributed by atoms with Gasteiger partial charge in [0.1, 0.15) is 5.82 Å². The maximum absolute atomic E-state index is 5.78. The van der Waals surface area contributed by atoms with Gasteiger partial charge in [-0.25, -0.2) is 4.98 Å². The number of aromatic nitrogens is 2. The van der Waals surface area contributed by atoms with Crippen molar-refractivity contribution in [3.63, 3.8) is 0 Å². The van der Waals surface area contributed by atoms with Crippen LogP contribution in [0.15, 0.2) is 47.4 Å². The van der Waals surface area contributed by atoms with Gasteiger partial charge in [-0.05, 0) is 35.6 Å². The number of rotatable bonds is 3. The summed E-state index contributed by atoms with van der Waals surface area (Å²) >= 11 is 1.74. The van der Waals surface area contributed by atoms with E-state index in [1.54, 1.807) is 11.8 Å². The molecular formula is C16H16N4S. The molecule has 4 nitrogen and oxygen atoms in total. The molecule has 0 fully saturated rings. The van der Waals surface area contributed by atoms with Gasteiger partial charge in [-0.1, -0.05) is 24.3 Å². The zero-order chi connectivity index (χ0) is 14.8. The monoisotopic (exact) mass is 296 g/mol. The molecule has 0 spiro atoms. The summed E-state index contributed by atoms with van der Waals surface area (Å²) in [4.78, 5) is 9.80. The summed E-state index contributed by atoms with van der Waals surface area (Å²) in [6.07, 6.45) is 2.08. The summed E-state index contributed by atoms with van der Waals surface area (Å²) < 4.78 is 0. The minimum absolute atomic E-state index is 0.280. The number of nitrogens with two attached hydrogens (primary N) is 1. The number of hydrogen-bond donors (Lipinski definition) is 2. The summed E-state index contributed by atoms with van der Waals surface area (Å²) in [5, 5.41) is 4.03. The first-order valence-corrected chi connectivity index (χ1v) is 7.84. The van der Waals surface area contributed by atoms with E-state index in [9.17, 15) is 0 Å². The van der Waals surface area contributed by atoms with Gasteiger partial charge in [0.25, 0.3) is 0 Å².